The van der Waals surface area contributed by atoms with Gasteiger partial charge in [-0.2, -0.15) is 0 Å². The lowest BCUT2D eigenvalue weighted by Crippen LogP contribution is -2.48. The Morgan fingerprint density at radius 3 is 1.57 bits per heavy atom. The highest BCUT2D eigenvalue weighted by atomic mass is 35.5. The molecule has 9 heteroatoms. The first-order valence-electron chi connectivity index (χ1n) is 10.5. The van der Waals surface area contributed by atoms with E-state index in [-0.39, 0.29) is 16.8 Å². The Morgan fingerprint density at radius 1 is 0.714 bits per heavy atom. The summed E-state index contributed by atoms with van der Waals surface area (Å²) in [5.41, 5.74) is 2.19. The van der Waals surface area contributed by atoms with Gasteiger partial charge in [0, 0.05) is 10.7 Å². The molecular weight excluding hydrogens is 474 g/mol. The fourth-order valence-electron chi connectivity index (χ4n) is 2.99. The summed E-state index contributed by atoms with van der Waals surface area (Å²) in [6.07, 6.45) is -4.11. The molecule has 0 spiro atoms. The highest BCUT2D eigenvalue weighted by molar-refractivity contribution is 6.30. The van der Waals surface area contributed by atoms with E-state index in [9.17, 15) is 24.3 Å². The quantitative estimate of drug-likeness (QED) is 0.443. The lowest BCUT2D eigenvalue weighted by molar-refractivity contribution is -0.157. The van der Waals surface area contributed by atoms with Crippen molar-refractivity contribution < 1.29 is 33.8 Å². The zero-order chi connectivity index (χ0) is 25.5. The first kappa shape index (κ1) is 25.5. The summed E-state index contributed by atoms with van der Waals surface area (Å²) in [6.45, 7) is 3.64. The Labute approximate surface area is 206 Å². The van der Waals surface area contributed by atoms with Crippen LogP contribution in [0.3, 0.4) is 0 Å². The van der Waals surface area contributed by atoms with Gasteiger partial charge in [-0.3, -0.25) is 4.79 Å². The van der Waals surface area contributed by atoms with E-state index < -0.39 is 36.0 Å². The lowest BCUT2D eigenvalue weighted by Gasteiger charge is -2.23. The van der Waals surface area contributed by atoms with Gasteiger partial charge in [0.05, 0.1) is 11.1 Å². The van der Waals surface area contributed by atoms with Crippen molar-refractivity contribution >= 4 is 41.1 Å². The predicted molar refractivity (Wildman–Crippen MR) is 128 cm³/mol. The summed E-state index contributed by atoms with van der Waals surface area (Å²) < 4.78 is 10.4. The van der Waals surface area contributed by atoms with E-state index in [0.717, 1.165) is 11.1 Å². The average Bonchev–Trinajstić information content (AvgIpc) is 2.83. The van der Waals surface area contributed by atoms with Crippen LogP contribution in [0.2, 0.25) is 5.02 Å². The Kier molecular flexibility index (Phi) is 8.22. The molecule has 0 bridgehead atoms. The molecule has 2 N–H and O–H groups in total. The molecule has 35 heavy (non-hydrogen) atoms. The van der Waals surface area contributed by atoms with E-state index in [1.165, 1.54) is 48.5 Å². The normalized spacial score (nSPS) is 12.2. The predicted octanol–water partition coefficient (Wildman–Crippen LogP) is 4.43. The first-order chi connectivity index (χ1) is 16.6. The molecule has 2 atom stereocenters. The Hall–Kier alpha value is -4.17. The lowest BCUT2D eigenvalue weighted by atomic mass is 10.1. The van der Waals surface area contributed by atoms with Crippen LogP contribution >= 0.6 is 11.6 Å². The number of ether oxygens (including phenoxy) is 2. The number of carboxylic acids is 1. The zero-order valence-electron chi connectivity index (χ0n) is 18.9. The number of carbonyl (C=O) groups excluding carboxylic acids is 3. The number of rotatable bonds is 8. The summed E-state index contributed by atoms with van der Waals surface area (Å²) in [7, 11) is 0. The molecule has 8 nitrogen and oxygen atoms in total. The topological polar surface area (TPSA) is 119 Å². The van der Waals surface area contributed by atoms with Crippen LogP contribution in [0.1, 0.15) is 31.8 Å². The highest BCUT2D eigenvalue weighted by Gasteiger charge is 2.41. The van der Waals surface area contributed by atoms with Gasteiger partial charge in [0.15, 0.2) is 0 Å². The number of hydrogen-bond donors (Lipinski definition) is 2. The number of benzene rings is 3. The maximum atomic E-state index is 13.1. The molecule has 3 rings (SSSR count). The second kappa shape index (κ2) is 11.3. The van der Waals surface area contributed by atoms with Gasteiger partial charge >= 0.3 is 17.9 Å². The monoisotopic (exact) mass is 495 g/mol. The summed E-state index contributed by atoms with van der Waals surface area (Å²) in [6, 6.07) is 18.4. The van der Waals surface area contributed by atoms with Crippen molar-refractivity contribution in [3.05, 3.63) is 100 Å². The van der Waals surface area contributed by atoms with Crippen LogP contribution in [0.5, 0.6) is 0 Å². The van der Waals surface area contributed by atoms with E-state index in [1.54, 1.807) is 24.3 Å². The molecule has 0 saturated carbocycles. The van der Waals surface area contributed by atoms with Gasteiger partial charge in [-0.25, -0.2) is 14.4 Å². The third-order valence-corrected chi connectivity index (χ3v) is 5.18. The van der Waals surface area contributed by atoms with E-state index in [2.05, 4.69) is 5.32 Å². The van der Waals surface area contributed by atoms with Crippen molar-refractivity contribution in [1.29, 1.82) is 0 Å². The third-order valence-electron chi connectivity index (χ3n) is 4.93. The molecule has 3 aromatic rings. The zero-order valence-corrected chi connectivity index (χ0v) is 19.6. The van der Waals surface area contributed by atoms with Crippen molar-refractivity contribution in [3.8, 4) is 0 Å². The fraction of sp³-hybridized carbons (Fsp3) is 0.154. The molecule has 0 aliphatic carbocycles. The van der Waals surface area contributed by atoms with Gasteiger partial charge in [0.25, 0.3) is 5.91 Å². The summed E-state index contributed by atoms with van der Waals surface area (Å²) in [4.78, 5) is 50.5. The largest absolute Gasteiger partial charge is 0.478 e. The second-order valence-electron chi connectivity index (χ2n) is 7.72. The molecule has 0 fully saturated rings. The third kappa shape index (κ3) is 6.91. The number of anilines is 1. The highest BCUT2D eigenvalue weighted by Crippen LogP contribution is 2.18. The van der Waals surface area contributed by atoms with Crippen LogP contribution in [-0.2, 0) is 19.1 Å². The van der Waals surface area contributed by atoms with E-state index in [4.69, 9.17) is 21.1 Å². The number of hydrogen-bond acceptors (Lipinski definition) is 6. The van der Waals surface area contributed by atoms with Crippen LogP contribution in [0.25, 0.3) is 0 Å². The summed E-state index contributed by atoms with van der Waals surface area (Å²) >= 11 is 5.86. The first-order valence-corrected chi connectivity index (χ1v) is 10.9. The maximum absolute atomic E-state index is 13.1. The van der Waals surface area contributed by atoms with Crippen molar-refractivity contribution in [1.82, 2.24) is 0 Å². The minimum Gasteiger partial charge on any atom is -0.478 e. The Morgan fingerprint density at radius 2 is 1.14 bits per heavy atom. The van der Waals surface area contributed by atoms with E-state index in [1.807, 2.05) is 13.8 Å². The van der Waals surface area contributed by atoms with Crippen molar-refractivity contribution in [2.75, 3.05) is 5.32 Å². The second-order valence-corrected chi connectivity index (χ2v) is 8.15. The van der Waals surface area contributed by atoms with Crippen molar-refractivity contribution in [3.63, 3.8) is 0 Å². The van der Waals surface area contributed by atoms with Gasteiger partial charge in [0.2, 0.25) is 12.2 Å². The molecule has 0 aromatic heterocycles. The SMILES string of the molecule is Cc1ccc(C(=O)O[C@H](C(=O)Nc2ccc(Cl)cc2)[C@@H](OC(=O)c2ccc(C)cc2)C(=O)O)cc1. The molecule has 3 aromatic carbocycles. The molecule has 0 heterocycles. The number of aryl methyl sites for hydroxylation is 2. The number of esters is 2. The van der Waals surface area contributed by atoms with Gasteiger partial charge in [-0.1, -0.05) is 47.0 Å². The van der Waals surface area contributed by atoms with Gasteiger partial charge < -0.3 is 19.9 Å². The van der Waals surface area contributed by atoms with Gasteiger partial charge in [0.1, 0.15) is 0 Å². The van der Waals surface area contributed by atoms with Crippen LogP contribution < -0.4 is 5.32 Å². The van der Waals surface area contributed by atoms with Crippen molar-refractivity contribution in [2.45, 2.75) is 26.1 Å². The number of nitrogens with one attached hydrogen (secondary N) is 1. The minimum atomic E-state index is -2.12. The fourth-order valence-corrected chi connectivity index (χ4v) is 3.11. The maximum Gasteiger partial charge on any atom is 0.349 e. The molecule has 0 unspecified atom stereocenters. The number of aliphatic carboxylic acids is 1. The van der Waals surface area contributed by atoms with Crippen LogP contribution in [0.15, 0.2) is 72.8 Å². The number of amides is 1. The minimum absolute atomic E-state index is 0.0728. The van der Waals surface area contributed by atoms with E-state index >= 15 is 0 Å². The summed E-state index contributed by atoms with van der Waals surface area (Å²) in [5, 5.41) is 12.7. The van der Waals surface area contributed by atoms with Gasteiger partial charge in [-0.15, -0.1) is 0 Å². The number of carboxylic acid groups (broad SMARTS) is 1. The molecule has 0 aliphatic rings. The number of carbonyl (C=O) groups is 4. The summed E-state index contributed by atoms with van der Waals surface area (Å²) in [5.74, 6) is -4.62. The smallest absolute Gasteiger partial charge is 0.349 e. The Balaban J connectivity index is 1.90. The molecule has 180 valence electrons. The molecule has 0 saturated heterocycles. The van der Waals surface area contributed by atoms with E-state index in [0.29, 0.717) is 5.02 Å². The van der Waals surface area contributed by atoms with Crippen LogP contribution in [0, 0.1) is 13.8 Å². The average molecular weight is 496 g/mol. The van der Waals surface area contributed by atoms with Crippen LogP contribution in [-0.4, -0.2) is 41.1 Å². The molecule has 0 aliphatic heterocycles. The van der Waals surface area contributed by atoms with Crippen LogP contribution in [0.4, 0.5) is 5.69 Å². The standard InChI is InChI=1S/C26H22ClNO7/c1-15-3-7-17(8-4-15)25(32)34-21(23(29)28-20-13-11-19(27)12-14-20)22(24(30)31)35-26(33)18-9-5-16(2)6-10-18/h3-14,21-22H,1-2H3,(H,28,29)(H,30,31)/t21-,22+/m0/s1. The number of halogens is 1. The van der Waals surface area contributed by atoms with Crippen molar-refractivity contribution in [2.24, 2.45) is 0 Å². The molecular formula is C26H22ClNO7. The molecule has 0 radical (unpaired) electrons. The molecule has 1 amide bonds. The van der Waals surface area contributed by atoms with Gasteiger partial charge in [-0.05, 0) is 62.4 Å². The Bertz CT molecular complexity index is 1220.